The maximum absolute atomic E-state index is 5.24. The van der Waals surface area contributed by atoms with Crippen LogP contribution >= 0.6 is 0 Å². The summed E-state index contributed by atoms with van der Waals surface area (Å²) in [5.74, 6) is 0.878. The molecule has 6 heteroatoms. The molecule has 21 heavy (non-hydrogen) atoms. The number of hydrogen-bond donors (Lipinski definition) is 1. The molecular formula is C15H25N5O. The minimum absolute atomic E-state index is 0.248. The van der Waals surface area contributed by atoms with Gasteiger partial charge in [-0.1, -0.05) is 6.92 Å². The Morgan fingerprint density at radius 3 is 2.81 bits per heavy atom. The summed E-state index contributed by atoms with van der Waals surface area (Å²) in [6, 6.07) is 0.248. The van der Waals surface area contributed by atoms with Crippen molar-refractivity contribution in [3.63, 3.8) is 0 Å². The average Bonchev–Trinajstić information content (AvgIpc) is 2.99. The van der Waals surface area contributed by atoms with Gasteiger partial charge in [0.15, 0.2) is 0 Å². The van der Waals surface area contributed by atoms with Crippen LogP contribution in [0, 0.1) is 6.92 Å². The van der Waals surface area contributed by atoms with Crippen LogP contribution in [0.15, 0.2) is 12.4 Å². The maximum Gasteiger partial charge on any atom is 0.203 e. The van der Waals surface area contributed by atoms with E-state index in [2.05, 4.69) is 46.2 Å². The minimum Gasteiger partial charge on any atom is -0.383 e. The lowest BCUT2D eigenvalue weighted by Crippen LogP contribution is -2.14. The first kappa shape index (κ1) is 15.6. The summed E-state index contributed by atoms with van der Waals surface area (Å²) in [6.45, 7) is 7.64. The van der Waals surface area contributed by atoms with Crippen LogP contribution in [0.25, 0.3) is 0 Å². The summed E-state index contributed by atoms with van der Waals surface area (Å²) in [5, 5.41) is 7.88. The number of nitrogens with one attached hydrogen (secondary N) is 1. The first-order valence-electron chi connectivity index (χ1n) is 7.34. The smallest absolute Gasteiger partial charge is 0.203 e. The lowest BCUT2D eigenvalue weighted by Gasteiger charge is -2.16. The fraction of sp³-hybridized carbons (Fsp3) is 0.600. The van der Waals surface area contributed by atoms with Gasteiger partial charge in [0.1, 0.15) is 0 Å². The number of hydrogen-bond acceptors (Lipinski definition) is 4. The van der Waals surface area contributed by atoms with E-state index in [1.165, 1.54) is 5.56 Å². The molecule has 0 aromatic carbocycles. The van der Waals surface area contributed by atoms with Crippen LogP contribution in [0.2, 0.25) is 0 Å². The third-order valence-electron chi connectivity index (χ3n) is 3.50. The molecule has 2 aromatic heterocycles. The van der Waals surface area contributed by atoms with Crippen molar-refractivity contribution in [1.29, 1.82) is 0 Å². The van der Waals surface area contributed by atoms with Crippen LogP contribution < -0.4 is 5.32 Å². The van der Waals surface area contributed by atoms with E-state index in [0.717, 1.165) is 30.3 Å². The number of rotatable bonds is 7. The Kier molecular flexibility index (Phi) is 5.01. The zero-order valence-corrected chi connectivity index (χ0v) is 13.6. The van der Waals surface area contributed by atoms with E-state index in [-0.39, 0.29) is 6.04 Å². The molecule has 1 atom stereocenters. The third kappa shape index (κ3) is 3.64. The molecular weight excluding hydrogens is 266 g/mol. The van der Waals surface area contributed by atoms with Gasteiger partial charge in [0, 0.05) is 38.7 Å². The van der Waals surface area contributed by atoms with Crippen molar-refractivity contribution in [1.82, 2.24) is 19.3 Å². The second-order valence-corrected chi connectivity index (χ2v) is 5.40. The summed E-state index contributed by atoms with van der Waals surface area (Å²) >= 11 is 0. The van der Waals surface area contributed by atoms with Crippen LogP contribution in [-0.2, 0) is 24.8 Å². The molecule has 116 valence electrons. The van der Waals surface area contributed by atoms with Crippen molar-refractivity contribution >= 4 is 5.95 Å². The molecule has 0 radical (unpaired) electrons. The third-order valence-corrected chi connectivity index (χ3v) is 3.50. The number of nitrogens with zero attached hydrogens (tertiary/aromatic N) is 4. The van der Waals surface area contributed by atoms with Crippen molar-refractivity contribution in [3.05, 3.63) is 29.3 Å². The lowest BCUT2D eigenvalue weighted by molar-refractivity contribution is 0.163. The predicted molar refractivity (Wildman–Crippen MR) is 83.5 cm³/mol. The van der Waals surface area contributed by atoms with E-state index in [0.29, 0.717) is 6.61 Å². The molecule has 0 bridgehead atoms. The molecule has 0 spiro atoms. The number of imidazole rings is 1. The SMILES string of the molecule is CCc1nn(C)cc1CNc1nc(C)cn1C(C)COC. The quantitative estimate of drug-likeness (QED) is 0.850. The summed E-state index contributed by atoms with van der Waals surface area (Å²) in [4.78, 5) is 4.56. The Hall–Kier alpha value is -1.82. The highest BCUT2D eigenvalue weighted by Gasteiger charge is 2.13. The molecule has 2 rings (SSSR count). The summed E-state index contributed by atoms with van der Waals surface area (Å²) in [5.41, 5.74) is 3.35. The van der Waals surface area contributed by atoms with Crippen molar-refractivity contribution < 1.29 is 4.74 Å². The van der Waals surface area contributed by atoms with E-state index < -0.39 is 0 Å². The Labute approximate surface area is 126 Å². The first-order chi connectivity index (χ1) is 10.0. The van der Waals surface area contributed by atoms with E-state index >= 15 is 0 Å². The number of ether oxygens (including phenoxy) is 1. The topological polar surface area (TPSA) is 56.9 Å². The second-order valence-electron chi connectivity index (χ2n) is 5.40. The van der Waals surface area contributed by atoms with Gasteiger partial charge in [-0.25, -0.2) is 4.98 Å². The van der Waals surface area contributed by atoms with Gasteiger partial charge in [-0.3, -0.25) is 4.68 Å². The first-order valence-corrected chi connectivity index (χ1v) is 7.34. The Morgan fingerprint density at radius 1 is 1.38 bits per heavy atom. The highest BCUT2D eigenvalue weighted by Crippen LogP contribution is 2.18. The van der Waals surface area contributed by atoms with Gasteiger partial charge in [-0.15, -0.1) is 0 Å². The summed E-state index contributed by atoms with van der Waals surface area (Å²) < 4.78 is 9.22. The number of methoxy groups -OCH3 is 1. The molecule has 0 amide bonds. The Morgan fingerprint density at radius 2 is 2.14 bits per heavy atom. The highest BCUT2D eigenvalue weighted by molar-refractivity contribution is 5.32. The van der Waals surface area contributed by atoms with Gasteiger partial charge in [-0.2, -0.15) is 5.10 Å². The molecule has 0 saturated carbocycles. The molecule has 1 N–H and O–H groups in total. The van der Waals surface area contributed by atoms with Crippen LogP contribution in [0.1, 0.15) is 36.8 Å². The van der Waals surface area contributed by atoms with Gasteiger partial charge in [0.2, 0.25) is 5.95 Å². The number of aromatic nitrogens is 4. The summed E-state index contributed by atoms with van der Waals surface area (Å²) in [6.07, 6.45) is 5.05. The molecule has 2 heterocycles. The average molecular weight is 291 g/mol. The zero-order valence-electron chi connectivity index (χ0n) is 13.6. The van der Waals surface area contributed by atoms with Crippen molar-refractivity contribution in [3.8, 4) is 0 Å². The fourth-order valence-electron chi connectivity index (χ4n) is 2.51. The van der Waals surface area contributed by atoms with E-state index in [9.17, 15) is 0 Å². The molecule has 0 aliphatic rings. The molecule has 6 nitrogen and oxygen atoms in total. The largest absolute Gasteiger partial charge is 0.383 e. The normalized spacial score (nSPS) is 12.6. The number of aryl methyl sites for hydroxylation is 3. The fourth-order valence-corrected chi connectivity index (χ4v) is 2.51. The van der Waals surface area contributed by atoms with Gasteiger partial charge >= 0.3 is 0 Å². The van der Waals surface area contributed by atoms with Crippen LogP contribution in [0.3, 0.4) is 0 Å². The predicted octanol–water partition coefficient (Wildman–Crippen LogP) is 2.31. The van der Waals surface area contributed by atoms with Crippen LogP contribution in [0.5, 0.6) is 0 Å². The van der Waals surface area contributed by atoms with Gasteiger partial charge < -0.3 is 14.6 Å². The van der Waals surface area contributed by atoms with Gasteiger partial charge in [-0.05, 0) is 20.3 Å². The Balaban J connectivity index is 2.12. The minimum atomic E-state index is 0.248. The van der Waals surface area contributed by atoms with Gasteiger partial charge in [0.25, 0.3) is 0 Å². The van der Waals surface area contributed by atoms with Crippen molar-refractivity contribution in [2.75, 3.05) is 19.0 Å². The number of anilines is 1. The molecule has 0 saturated heterocycles. The van der Waals surface area contributed by atoms with Gasteiger partial charge in [0.05, 0.1) is 24.0 Å². The molecule has 0 fully saturated rings. The molecule has 1 unspecified atom stereocenters. The Bertz CT molecular complexity index is 587. The second kappa shape index (κ2) is 6.76. The monoisotopic (exact) mass is 291 g/mol. The molecule has 0 aliphatic carbocycles. The molecule has 0 aliphatic heterocycles. The van der Waals surface area contributed by atoms with Crippen LogP contribution in [0.4, 0.5) is 5.95 Å². The zero-order chi connectivity index (χ0) is 15.4. The van der Waals surface area contributed by atoms with E-state index in [4.69, 9.17) is 4.74 Å². The molecule has 2 aromatic rings. The summed E-state index contributed by atoms with van der Waals surface area (Å²) in [7, 11) is 3.67. The lowest BCUT2D eigenvalue weighted by atomic mass is 10.2. The van der Waals surface area contributed by atoms with Crippen molar-refractivity contribution in [2.45, 2.75) is 39.8 Å². The maximum atomic E-state index is 5.24. The van der Waals surface area contributed by atoms with Crippen molar-refractivity contribution in [2.24, 2.45) is 7.05 Å². The standard InChI is InChI=1S/C15H25N5O/c1-6-14-13(9-19(4)18-14)7-16-15-17-11(2)8-20(15)12(3)10-21-5/h8-9,12H,6-7,10H2,1-5H3,(H,16,17). The van der Waals surface area contributed by atoms with E-state index in [1.54, 1.807) is 7.11 Å². The van der Waals surface area contributed by atoms with E-state index in [1.807, 2.05) is 18.7 Å². The highest BCUT2D eigenvalue weighted by atomic mass is 16.5. The van der Waals surface area contributed by atoms with Crippen LogP contribution in [-0.4, -0.2) is 33.0 Å².